The van der Waals surface area contributed by atoms with Crippen LogP contribution in [-0.2, 0) is 14.4 Å². The van der Waals surface area contributed by atoms with Crippen LogP contribution in [0.15, 0.2) is 12.7 Å². The molecule has 47 heavy (non-hydrogen) atoms. The van der Waals surface area contributed by atoms with E-state index in [0.717, 1.165) is 52.1 Å². The van der Waals surface area contributed by atoms with E-state index < -0.39 is 27.8 Å². The first-order chi connectivity index (χ1) is 22.2. The van der Waals surface area contributed by atoms with Gasteiger partial charge in [0.15, 0.2) is 0 Å². The largest absolute Gasteiger partial charge is 0.312 e. The fourth-order valence-electron chi connectivity index (χ4n) is 9.43. The van der Waals surface area contributed by atoms with Gasteiger partial charge in [0, 0.05) is 51.7 Å². The summed E-state index contributed by atoms with van der Waals surface area (Å²) in [6.45, 7) is 27.5. The van der Waals surface area contributed by atoms with E-state index in [9.17, 15) is 9.59 Å². The van der Waals surface area contributed by atoms with E-state index in [2.05, 4.69) is 107 Å². The Labute approximate surface area is 295 Å². The predicted octanol–water partition coefficient (Wildman–Crippen LogP) is 3.17. The van der Waals surface area contributed by atoms with Crippen molar-refractivity contribution in [2.45, 2.75) is 182 Å². The van der Waals surface area contributed by atoms with Crippen molar-refractivity contribution in [1.82, 2.24) is 16.0 Å². The van der Waals surface area contributed by atoms with Gasteiger partial charge in [-0.2, -0.15) is 0 Å². The fraction of sp³-hybridized carbons (Fsp3) is 0.861. The highest BCUT2D eigenvalue weighted by Crippen LogP contribution is 2.48. The van der Waals surface area contributed by atoms with Crippen LogP contribution in [0.5, 0.6) is 0 Å². The van der Waals surface area contributed by atoms with Crippen LogP contribution >= 0.6 is 0 Å². The number of allylic oxidation sites excluding steroid dienone is 1. The Morgan fingerprint density at radius 2 is 1.04 bits per heavy atom. The van der Waals surface area contributed by atoms with Gasteiger partial charge in [-0.15, -0.1) is 6.58 Å². The first-order valence-electron chi connectivity index (χ1n) is 19.8. The maximum Gasteiger partial charge on any atom is 0.149 e. The average molecular weight is 651 g/mol. The summed E-state index contributed by atoms with van der Waals surface area (Å²) >= 11 is 0. The molecule has 0 aromatic heterocycles. The minimum absolute atomic E-state index is 0.161. The Bertz CT molecular complexity index is 962. The van der Waals surface area contributed by atoms with Gasteiger partial charge in [-0.3, -0.25) is 14.4 Å². The standard InChI is InChI=1S/C36H74B5N3O3/c1-13-25(14-2)27(45)31(40-38)44-36(23-11,24-12)33(17-5,18-6)28(46)30(37)43-35(21-9,22-10)34(19-7,20-8)29(47)32(41-39)42-26(15-3)16-4/h13,25-26,30-32,40-44H,1,14-24,37-39H2,2-12H3. The monoisotopic (exact) mass is 652 g/mol. The molecule has 0 heterocycles. The minimum Gasteiger partial charge on any atom is -0.312 e. The summed E-state index contributed by atoms with van der Waals surface area (Å²) in [5.74, 6) is -0.636. The predicted molar refractivity (Wildman–Crippen MR) is 217 cm³/mol. The fourth-order valence-corrected chi connectivity index (χ4v) is 9.43. The number of nitrogens with one attached hydrogen (secondary N) is 3. The lowest BCUT2D eigenvalue weighted by atomic mass is 9.45. The number of rotatable bonds is 28. The van der Waals surface area contributed by atoms with Crippen LogP contribution in [0.25, 0.3) is 0 Å². The van der Waals surface area contributed by atoms with Gasteiger partial charge in [0.25, 0.3) is 0 Å². The zero-order chi connectivity index (χ0) is 36.6. The van der Waals surface area contributed by atoms with Gasteiger partial charge in [-0.1, -0.05) is 82.2 Å². The second-order valence-corrected chi connectivity index (χ2v) is 14.2. The summed E-state index contributed by atoms with van der Waals surface area (Å²) in [5.41, 5.74) is -2.44. The summed E-state index contributed by atoms with van der Waals surface area (Å²) in [7, 11) is 7.58. The molecule has 3 N–H and O–H groups in total. The summed E-state index contributed by atoms with van der Waals surface area (Å²) in [6.07, 6.45) is 10.2. The highest BCUT2D eigenvalue weighted by atomic mass is 16.1. The first kappa shape index (κ1) is 46.0. The van der Waals surface area contributed by atoms with Crippen LogP contribution in [0.3, 0.4) is 0 Å². The van der Waals surface area contributed by atoms with Crippen molar-refractivity contribution in [3.63, 3.8) is 0 Å². The zero-order valence-corrected chi connectivity index (χ0v) is 33.6. The quantitative estimate of drug-likeness (QED) is 0.0892. The van der Waals surface area contributed by atoms with Gasteiger partial charge >= 0.3 is 0 Å². The normalized spacial score (nSPS) is 15.5. The third-order valence-electron chi connectivity index (χ3n) is 12.9. The molecule has 6 nitrogen and oxygen atoms in total. The molecule has 0 bridgehead atoms. The van der Waals surface area contributed by atoms with Crippen LogP contribution in [0.1, 0.15) is 147 Å². The van der Waals surface area contributed by atoms with E-state index >= 15 is 4.79 Å². The van der Waals surface area contributed by atoms with E-state index in [1.54, 1.807) is 6.08 Å². The number of ketones is 3. The Hall–Kier alpha value is -1.05. The summed E-state index contributed by atoms with van der Waals surface area (Å²) < 4.78 is 0. The molecule has 11 heteroatoms. The van der Waals surface area contributed by atoms with Gasteiger partial charge < -0.3 is 16.0 Å². The van der Waals surface area contributed by atoms with Crippen molar-refractivity contribution >= 4 is 55.0 Å². The molecule has 4 unspecified atom stereocenters. The lowest BCUT2D eigenvalue weighted by Gasteiger charge is -2.55. The molecule has 0 saturated carbocycles. The molecular weight excluding hydrogens is 576 g/mol. The molecule has 0 radical (unpaired) electrons. The molecule has 0 aliphatic carbocycles. The van der Waals surface area contributed by atoms with Crippen LogP contribution in [0, 0.1) is 16.7 Å². The lowest BCUT2D eigenvalue weighted by Crippen LogP contribution is -2.71. The van der Waals surface area contributed by atoms with Crippen LogP contribution in [-0.4, -0.2) is 90.0 Å². The smallest absolute Gasteiger partial charge is 0.149 e. The topological polar surface area (TPSA) is 87.3 Å². The molecule has 0 spiro atoms. The second kappa shape index (κ2) is 21.2. The number of Topliss-reactive ketones (excluding diaryl/α,β-unsaturated/α-hetero) is 3. The summed E-state index contributed by atoms with van der Waals surface area (Å²) in [5, 5.41) is 11.5. The number of hydrogen-bond donors (Lipinski definition) is 3. The van der Waals surface area contributed by atoms with Crippen LogP contribution in [0.2, 0.25) is 0 Å². The van der Waals surface area contributed by atoms with Crippen molar-refractivity contribution in [2.24, 2.45) is 16.7 Å². The first-order valence-corrected chi connectivity index (χ1v) is 19.8. The van der Waals surface area contributed by atoms with E-state index in [1.165, 1.54) is 0 Å². The zero-order valence-electron chi connectivity index (χ0n) is 33.6. The Kier molecular flexibility index (Phi) is 20.8. The van der Waals surface area contributed by atoms with E-state index in [0.29, 0.717) is 38.9 Å². The van der Waals surface area contributed by atoms with Crippen molar-refractivity contribution < 1.29 is 14.4 Å². The third-order valence-corrected chi connectivity index (χ3v) is 12.9. The highest BCUT2D eigenvalue weighted by Gasteiger charge is 2.57. The highest BCUT2D eigenvalue weighted by molar-refractivity contribution is 6.92. The molecule has 0 aromatic carbocycles. The Morgan fingerprint density at radius 3 is 1.36 bits per heavy atom. The average Bonchev–Trinajstić information content (AvgIpc) is 3.11. The molecule has 266 valence electrons. The van der Waals surface area contributed by atoms with Gasteiger partial charge in [-0.05, 0) is 70.6 Å². The maximum absolute atomic E-state index is 15.2. The lowest BCUT2D eigenvalue weighted by molar-refractivity contribution is -0.141. The van der Waals surface area contributed by atoms with Crippen molar-refractivity contribution in [3.8, 4) is 0 Å². The molecule has 0 amide bonds. The molecular formula is C36H74B5N3O3. The third kappa shape index (κ3) is 9.20. The SMILES string of the molecule is BBC(NC(CC)(CC)C(CC)(CC)C(=O)C(B)NC(CC)(CC)C(CC)(CC)C(=O)C(BB)NC(CC)CC)C(=O)C(C=C)CC. The number of carbonyl (C=O) groups is 3. The van der Waals surface area contributed by atoms with Crippen molar-refractivity contribution in [1.29, 1.82) is 0 Å². The maximum atomic E-state index is 15.2. The molecule has 0 fully saturated rings. The van der Waals surface area contributed by atoms with Crippen molar-refractivity contribution in [3.05, 3.63) is 12.7 Å². The molecule has 0 aliphatic heterocycles. The van der Waals surface area contributed by atoms with Gasteiger partial charge in [0.05, 0.1) is 15.5 Å². The molecule has 4 atom stereocenters. The molecule has 0 aromatic rings. The Morgan fingerprint density at radius 1 is 0.638 bits per heavy atom. The van der Waals surface area contributed by atoms with Gasteiger partial charge in [0.2, 0.25) is 0 Å². The minimum atomic E-state index is -0.701. The second-order valence-electron chi connectivity index (χ2n) is 14.2. The Balaban J connectivity index is 7.11. The van der Waals surface area contributed by atoms with Crippen LogP contribution < -0.4 is 16.0 Å². The van der Waals surface area contributed by atoms with E-state index in [4.69, 9.17) is 0 Å². The van der Waals surface area contributed by atoms with Crippen LogP contribution in [0.4, 0.5) is 0 Å². The summed E-state index contributed by atoms with van der Waals surface area (Å²) in [4.78, 5) is 43.6. The van der Waals surface area contributed by atoms with E-state index in [-0.39, 0.29) is 35.2 Å². The van der Waals surface area contributed by atoms with Gasteiger partial charge in [-0.25, -0.2) is 0 Å². The number of carbonyl (C=O) groups excluding carboxylic acids is 3. The van der Waals surface area contributed by atoms with Gasteiger partial charge in [0.1, 0.15) is 39.5 Å². The summed E-state index contributed by atoms with van der Waals surface area (Å²) in [6, 6.07) is 0.303. The number of hydrogen-bond acceptors (Lipinski definition) is 6. The molecule has 0 saturated heterocycles. The molecule has 0 rings (SSSR count). The van der Waals surface area contributed by atoms with E-state index in [1.807, 2.05) is 14.8 Å². The van der Waals surface area contributed by atoms with Crippen molar-refractivity contribution in [2.75, 3.05) is 0 Å². The molecule has 0 aliphatic rings.